The molecule has 2 unspecified atom stereocenters. The highest BCUT2D eigenvalue weighted by Crippen LogP contribution is 2.25. The highest BCUT2D eigenvalue weighted by Gasteiger charge is 2.34. The molecule has 102 valence electrons. The fourth-order valence-electron chi connectivity index (χ4n) is 2.87. The van der Waals surface area contributed by atoms with E-state index in [4.69, 9.17) is 11.6 Å². The Morgan fingerprint density at radius 3 is 3.00 bits per heavy atom. The summed E-state index contributed by atoms with van der Waals surface area (Å²) in [7, 11) is 0. The van der Waals surface area contributed by atoms with Gasteiger partial charge in [0.05, 0.1) is 0 Å². The molecule has 0 saturated carbocycles. The van der Waals surface area contributed by atoms with Crippen molar-refractivity contribution in [2.45, 2.75) is 44.6 Å². The lowest BCUT2D eigenvalue weighted by Gasteiger charge is -2.41. The number of carbonyl (C=O) groups excluding carboxylic acids is 2. The first kappa shape index (κ1) is 13.7. The Balaban J connectivity index is 1.79. The first-order chi connectivity index (χ1) is 8.70. The lowest BCUT2D eigenvalue weighted by Crippen LogP contribution is -2.55. The van der Waals surface area contributed by atoms with Gasteiger partial charge in [-0.3, -0.25) is 9.59 Å². The van der Waals surface area contributed by atoms with Gasteiger partial charge in [0.1, 0.15) is 0 Å². The third-order valence-electron chi connectivity index (χ3n) is 3.95. The minimum Gasteiger partial charge on any atom is -0.353 e. The van der Waals surface area contributed by atoms with E-state index in [9.17, 15) is 9.59 Å². The van der Waals surface area contributed by atoms with E-state index >= 15 is 0 Å². The van der Waals surface area contributed by atoms with Crippen molar-refractivity contribution in [3.8, 4) is 0 Å². The van der Waals surface area contributed by atoms with Gasteiger partial charge in [0.15, 0.2) is 0 Å². The molecular weight excluding hydrogens is 252 g/mol. The normalized spacial score (nSPS) is 27.6. The summed E-state index contributed by atoms with van der Waals surface area (Å²) in [5.41, 5.74) is 0. The summed E-state index contributed by atoms with van der Waals surface area (Å²) >= 11 is 5.61. The second-order valence-corrected chi connectivity index (χ2v) is 5.63. The Morgan fingerprint density at radius 2 is 2.22 bits per heavy atom. The molecule has 5 heteroatoms. The van der Waals surface area contributed by atoms with E-state index in [1.807, 2.05) is 4.90 Å². The maximum Gasteiger partial charge on any atom is 0.222 e. The Labute approximate surface area is 113 Å². The van der Waals surface area contributed by atoms with Crippen LogP contribution >= 0.6 is 11.6 Å². The maximum absolute atomic E-state index is 12.0. The topological polar surface area (TPSA) is 49.4 Å². The van der Waals surface area contributed by atoms with Crippen molar-refractivity contribution in [1.82, 2.24) is 10.2 Å². The number of halogens is 1. The summed E-state index contributed by atoms with van der Waals surface area (Å²) in [5.74, 6) is 1.49. The van der Waals surface area contributed by atoms with E-state index in [-0.39, 0.29) is 17.9 Å². The smallest absolute Gasteiger partial charge is 0.222 e. The van der Waals surface area contributed by atoms with Crippen LogP contribution in [0.5, 0.6) is 0 Å². The van der Waals surface area contributed by atoms with Crippen LogP contribution in [0, 0.1) is 5.92 Å². The molecule has 4 nitrogen and oxygen atoms in total. The summed E-state index contributed by atoms with van der Waals surface area (Å²) in [6.45, 7) is 1.59. The van der Waals surface area contributed by atoms with Gasteiger partial charge in [-0.05, 0) is 31.6 Å². The van der Waals surface area contributed by atoms with Gasteiger partial charge in [0.25, 0.3) is 0 Å². The van der Waals surface area contributed by atoms with Crippen LogP contribution in [-0.4, -0.2) is 41.7 Å². The lowest BCUT2D eigenvalue weighted by atomic mass is 9.85. The van der Waals surface area contributed by atoms with Gasteiger partial charge in [0.2, 0.25) is 11.8 Å². The standard InChI is InChI=1S/C13H21ClN2O2/c14-7-2-1-3-13(18)16-8-6-11-10(9-16)4-5-12(17)15-11/h10-11H,1-9H2,(H,15,17). The molecule has 18 heavy (non-hydrogen) atoms. The molecule has 0 aliphatic carbocycles. The zero-order chi connectivity index (χ0) is 13.0. The molecule has 2 atom stereocenters. The summed E-state index contributed by atoms with van der Waals surface area (Å²) in [4.78, 5) is 25.3. The minimum atomic E-state index is 0.165. The number of amides is 2. The molecule has 2 aliphatic rings. The van der Waals surface area contributed by atoms with Crippen LogP contribution in [-0.2, 0) is 9.59 Å². The van der Waals surface area contributed by atoms with Crippen molar-refractivity contribution >= 4 is 23.4 Å². The van der Waals surface area contributed by atoms with Gasteiger partial charge >= 0.3 is 0 Å². The molecule has 0 spiro atoms. The summed E-state index contributed by atoms with van der Waals surface area (Å²) in [6, 6.07) is 0.290. The molecule has 1 N–H and O–H groups in total. The number of carbonyl (C=O) groups is 2. The molecule has 2 fully saturated rings. The summed E-state index contributed by atoms with van der Waals surface area (Å²) in [6.07, 6.45) is 4.82. The van der Waals surface area contributed by atoms with E-state index in [1.54, 1.807) is 0 Å². The Hall–Kier alpha value is -0.770. The number of hydrogen-bond donors (Lipinski definition) is 1. The van der Waals surface area contributed by atoms with E-state index in [0.29, 0.717) is 24.6 Å². The van der Waals surface area contributed by atoms with Crippen molar-refractivity contribution in [2.24, 2.45) is 5.92 Å². The van der Waals surface area contributed by atoms with Crippen molar-refractivity contribution in [3.63, 3.8) is 0 Å². The van der Waals surface area contributed by atoms with Crippen LogP contribution in [0.3, 0.4) is 0 Å². The summed E-state index contributed by atoms with van der Waals surface area (Å²) < 4.78 is 0. The van der Waals surface area contributed by atoms with E-state index in [0.717, 1.165) is 38.8 Å². The molecule has 0 aromatic heterocycles. The van der Waals surface area contributed by atoms with Crippen LogP contribution in [0.15, 0.2) is 0 Å². The number of nitrogens with zero attached hydrogens (tertiary/aromatic N) is 1. The van der Waals surface area contributed by atoms with Crippen LogP contribution < -0.4 is 5.32 Å². The van der Waals surface area contributed by atoms with Gasteiger partial charge in [-0.1, -0.05) is 0 Å². The van der Waals surface area contributed by atoms with Gasteiger partial charge in [-0.25, -0.2) is 0 Å². The molecule has 0 radical (unpaired) electrons. The number of nitrogens with one attached hydrogen (secondary N) is 1. The van der Waals surface area contributed by atoms with E-state index in [2.05, 4.69) is 5.32 Å². The SMILES string of the molecule is O=C1CCC2CN(C(=O)CCCCCl)CCC2N1. The van der Waals surface area contributed by atoms with Crippen molar-refractivity contribution in [1.29, 1.82) is 0 Å². The van der Waals surface area contributed by atoms with Crippen LogP contribution in [0.2, 0.25) is 0 Å². The molecular formula is C13H21ClN2O2. The average molecular weight is 273 g/mol. The van der Waals surface area contributed by atoms with Crippen LogP contribution in [0.25, 0.3) is 0 Å². The van der Waals surface area contributed by atoms with Crippen molar-refractivity contribution < 1.29 is 9.59 Å². The van der Waals surface area contributed by atoms with Crippen molar-refractivity contribution in [2.75, 3.05) is 19.0 Å². The highest BCUT2D eigenvalue weighted by molar-refractivity contribution is 6.17. The molecule has 2 rings (SSSR count). The van der Waals surface area contributed by atoms with Gasteiger partial charge in [-0.2, -0.15) is 0 Å². The average Bonchev–Trinajstić information content (AvgIpc) is 2.38. The first-order valence-electron chi connectivity index (χ1n) is 6.84. The molecule has 2 aliphatic heterocycles. The predicted octanol–water partition coefficient (Wildman–Crippen LogP) is 1.52. The molecule has 0 aromatic carbocycles. The number of likely N-dealkylation sites (tertiary alicyclic amines) is 1. The highest BCUT2D eigenvalue weighted by atomic mass is 35.5. The molecule has 2 saturated heterocycles. The quantitative estimate of drug-likeness (QED) is 0.623. The third kappa shape index (κ3) is 3.37. The number of unbranched alkanes of at least 4 members (excludes halogenated alkanes) is 1. The fourth-order valence-corrected chi connectivity index (χ4v) is 3.05. The van der Waals surface area contributed by atoms with Gasteiger partial charge in [0, 0.05) is 37.9 Å². The largest absolute Gasteiger partial charge is 0.353 e. The van der Waals surface area contributed by atoms with Crippen molar-refractivity contribution in [3.05, 3.63) is 0 Å². The third-order valence-corrected chi connectivity index (χ3v) is 4.22. The molecule has 0 aromatic rings. The molecule has 0 bridgehead atoms. The zero-order valence-electron chi connectivity index (χ0n) is 10.7. The second-order valence-electron chi connectivity index (χ2n) is 5.25. The number of piperidine rings is 2. The van der Waals surface area contributed by atoms with Crippen LogP contribution in [0.1, 0.15) is 38.5 Å². The minimum absolute atomic E-state index is 0.165. The monoisotopic (exact) mass is 272 g/mol. The molecule has 2 heterocycles. The van der Waals surface area contributed by atoms with Gasteiger partial charge < -0.3 is 10.2 Å². The second kappa shape index (κ2) is 6.41. The fraction of sp³-hybridized carbons (Fsp3) is 0.846. The first-order valence-corrected chi connectivity index (χ1v) is 7.37. The number of fused-ring (bicyclic) bond motifs is 1. The summed E-state index contributed by atoms with van der Waals surface area (Å²) in [5, 5.41) is 3.04. The van der Waals surface area contributed by atoms with Crippen LogP contribution in [0.4, 0.5) is 0 Å². The lowest BCUT2D eigenvalue weighted by molar-refractivity contribution is -0.134. The zero-order valence-corrected chi connectivity index (χ0v) is 11.4. The van der Waals surface area contributed by atoms with E-state index in [1.165, 1.54) is 0 Å². The Bertz CT molecular complexity index is 322. The van der Waals surface area contributed by atoms with E-state index < -0.39 is 0 Å². The number of rotatable bonds is 4. The Kier molecular flexibility index (Phi) is 4.87. The van der Waals surface area contributed by atoms with Gasteiger partial charge in [-0.15, -0.1) is 11.6 Å². The number of hydrogen-bond acceptors (Lipinski definition) is 2. The predicted molar refractivity (Wildman–Crippen MR) is 70.4 cm³/mol. The Morgan fingerprint density at radius 1 is 1.39 bits per heavy atom. The maximum atomic E-state index is 12.0. The molecule has 2 amide bonds. The number of alkyl halides is 1.